The van der Waals surface area contributed by atoms with E-state index in [-0.39, 0.29) is 18.0 Å². The highest BCUT2D eigenvalue weighted by Gasteiger charge is 2.26. The Bertz CT molecular complexity index is 603. The molecule has 1 heterocycles. The van der Waals surface area contributed by atoms with Gasteiger partial charge in [-0.05, 0) is 38.2 Å². The Labute approximate surface area is 150 Å². The number of rotatable bonds is 4. The molecule has 1 saturated heterocycles. The average molecular weight is 343 g/mol. The van der Waals surface area contributed by atoms with Gasteiger partial charge < -0.3 is 15.5 Å². The highest BCUT2D eigenvalue weighted by Crippen LogP contribution is 2.18. The first-order chi connectivity index (χ1) is 12.1. The molecule has 0 spiro atoms. The zero-order valence-corrected chi connectivity index (χ0v) is 15.1. The smallest absolute Gasteiger partial charge is 0.317 e. The van der Waals surface area contributed by atoms with E-state index in [9.17, 15) is 9.59 Å². The van der Waals surface area contributed by atoms with Crippen molar-refractivity contribution in [2.45, 2.75) is 64.0 Å². The molecule has 1 aromatic carbocycles. The van der Waals surface area contributed by atoms with Crippen molar-refractivity contribution in [3.63, 3.8) is 0 Å². The Hall–Kier alpha value is -2.04. The summed E-state index contributed by atoms with van der Waals surface area (Å²) in [6, 6.07) is 8.66. The molecule has 1 aliphatic carbocycles. The lowest BCUT2D eigenvalue weighted by Crippen LogP contribution is -2.51. The van der Waals surface area contributed by atoms with Crippen LogP contribution in [0.4, 0.5) is 4.79 Å². The molecule has 1 aliphatic heterocycles. The quantitative estimate of drug-likeness (QED) is 0.883. The Morgan fingerprint density at radius 1 is 1.04 bits per heavy atom. The number of benzene rings is 1. The van der Waals surface area contributed by atoms with Crippen LogP contribution in [0.5, 0.6) is 0 Å². The maximum Gasteiger partial charge on any atom is 0.317 e. The number of aryl methyl sites for hydroxylation is 1. The molecule has 3 amide bonds. The third-order valence-electron chi connectivity index (χ3n) is 5.28. The van der Waals surface area contributed by atoms with Crippen molar-refractivity contribution < 1.29 is 9.59 Å². The van der Waals surface area contributed by atoms with Crippen molar-refractivity contribution in [1.82, 2.24) is 15.5 Å². The van der Waals surface area contributed by atoms with Gasteiger partial charge in [-0.2, -0.15) is 0 Å². The zero-order valence-electron chi connectivity index (χ0n) is 15.1. The predicted molar refractivity (Wildman–Crippen MR) is 98.4 cm³/mol. The van der Waals surface area contributed by atoms with E-state index in [0.29, 0.717) is 25.6 Å². The standard InChI is InChI=1S/C20H29N3O2/c1-15-5-4-6-16(13-15)14-19(24)21-18-9-11-23(12-10-18)20(25)22-17-7-2-3-8-17/h4-6,13,17-18H,2-3,7-12,14H2,1H3,(H,21,24)(H,22,25). The second kappa shape index (κ2) is 8.37. The number of carbonyl (C=O) groups is 2. The highest BCUT2D eigenvalue weighted by molar-refractivity contribution is 5.79. The molecule has 0 radical (unpaired) electrons. The fourth-order valence-corrected chi connectivity index (χ4v) is 3.85. The largest absolute Gasteiger partial charge is 0.353 e. The van der Waals surface area contributed by atoms with Crippen molar-refractivity contribution in [2.75, 3.05) is 13.1 Å². The van der Waals surface area contributed by atoms with E-state index in [1.54, 1.807) is 0 Å². The first-order valence-corrected chi connectivity index (χ1v) is 9.50. The molecule has 3 rings (SSSR count). The van der Waals surface area contributed by atoms with Gasteiger partial charge in [0, 0.05) is 25.2 Å². The Morgan fingerprint density at radius 2 is 1.72 bits per heavy atom. The van der Waals surface area contributed by atoms with Gasteiger partial charge in [-0.3, -0.25) is 4.79 Å². The van der Waals surface area contributed by atoms with Gasteiger partial charge in [0.15, 0.2) is 0 Å². The fourth-order valence-electron chi connectivity index (χ4n) is 3.85. The van der Waals surface area contributed by atoms with E-state index in [0.717, 1.165) is 31.2 Å². The van der Waals surface area contributed by atoms with Gasteiger partial charge in [0.1, 0.15) is 0 Å². The molecular formula is C20H29N3O2. The van der Waals surface area contributed by atoms with E-state index < -0.39 is 0 Å². The number of nitrogens with one attached hydrogen (secondary N) is 2. The number of amides is 3. The van der Waals surface area contributed by atoms with Crippen LogP contribution in [0.3, 0.4) is 0 Å². The number of carbonyl (C=O) groups excluding carboxylic acids is 2. The number of hydrogen-bond donors (Lipinski definition) is 2. The van der Waals surface area contributed by atoms with E-state index in [1.807, 2.05) is 30.0 Å². The fraction of sp³-hybridized carbons (Fsp3) is 0.600. The maximum absolute atomic E-state index is 12.3. The first kappa shape index (κ1) is 17.8. The summed E-state index contributed by atoms with van der Waals surface area (Å²) in [5.74, 6) is 0.0689. The Kier molecular flexibility index (Phi) is 5.95. The van der Waals surface area contributed by atoms with Crippen LogP contribution >= 0.6 is 0 Å². The minimum Gasteiger partial charge on any atom is -0.353 e. The summed E-state index contributed by atoms with van der Waals surface area (Å²) in [4.78, 5) is 26.4. The topological polar surface area (TPSA) is 61.4 Å². The van der Waals surface area contributed by atoms with Gasteiger partial charge >= 0.3 is 6.03 Å². The monoisotopic (exact) mass is 343 g/mol. The average Bonchev–Trinajstić information content (AvgIpc) is 3.08. The number of nitrogens with zero attached hydrogens (tertiary/aromatic N) is 1. The maximum atomic E-state index is 12.3. The van der Waals surface area contributed by atoms with Crippen LogP contribution < -0.4 is 10.6 Å². The van der Waals surface area contributed by atoms with Crippen molar-refractivity contribution in [3.05, 3.63) is 35.4 Å². The summed E-state index contributed by atoms with van der Waals surface area (Å²) >= 11 is 0. The van der Waals surface area contributed by atoms with Crippen LogP contribution in [0.25, 0.3) is 0 Å². The molecule has 2 fully saturated rings. The SMILES string of the molecule is Cc1cccc(CC(=O)NC2CCN(C(=O)NC3CCCC3)CC2)c1. The van der Waals surface area contributed by atoms with Crippen LogP contribution in [0.15, 0.2) is 24.3 Å². The molecule has 1 aromatic rings. The minimum atomic E-state index is 0.0661. The highest BCUT2D eigenvalue weighted by atomic mass is 16.2. The molecule has 136 valence electrons. The molecule has 1 saturated carbocycles. The molecule has 0 aromatic heterocycles. The van der Waals surface area contributed by atoms with Crippen molar-refractivity contribution in [3.8, 4) is 0 Å². The van der Waals surface area contributed by atoms with Crippen molar-refractivity contribution >= 4 is 11.9 Å². The van der Waals surface area contributed by atoms with Crippen LogP contribution in [-0.2, 0) is 11.2 Å². The summed E-state index contributed by atoms with van der Waals surface area (Å²) in [6.07, 6.45) is 6.74. The third kappa shape index (κ3) is 5.21. The van der Waals surface area contributed by atoms with E-state index in [1.165, 1.54) is 18.4 Å². The molecule has 5 heteroatoms. The second-order valence-corrected chi connectivity index (χ2v) is 7.43. The van der Waals surface area contributed by atoms with E-state index >= 15 is 0 Å². The number of piperidine rings is 1. The predicted octanol–water partition coefficient (Wildman–Crippen LogP) is 2.77. The lowest BCUT2D eigenvalue weighted by molar-refractivity contribution is -0.121. The molecule has 5 nitrogen and oxygen atoms in total. The van der Waals surface area contributed by atoms with Crippen LogP contribution in [-0.4, -0.2) is 42.0 Å². The van der Waals surface area contributed by atoms with Crippen LogP contribution in [0.2, 0.25) is 0 Å². The van der Waals surface area contributed by atoms with Crippen molar-refractivity contribution in [1.29, 1.82) is 0 Å². The molecule has 0 unspecified atom stereocenters. The number of hydrogen-bond acceptors (Lipinski definition) is 2. The minimum absolute atomic E-state index is 0.0661. The molecule has 2 aliphatic rings. The summed E-state index contributed by atoms with van der Waals surface area (Å²) < 4.78 is 0. The number of likely N-dealkylation sites (tertiary alicyclic amines) is 1. The zero-order chi connectivity index (χ0) is 17.6. The summed E-state index contributed by atoms with van der Waals surface area (Å²) in [5, 5.41) is 6.26. The van der Waals surface area contributed by atoms with Gasteiger partial charge in [-0.1, -0.05) is 42.7 Å². The summed E-state index contributed by atoms with van der Waals surface area (Å²) in [7, 11) is 0. The lowest BCUT2D eigenvalue weighted by atomic mass is 10.0. The van der Waals surface area contributed by atoms with E-state index in [2.05, 4.69) is 16.7 Å². The summed E-state index contributed by atoms with van der Waals surface area (Å²) in [6.45, 7) is 3.47. The molecule has 0 atom stereocenters. The molecular weight excluding hydrogens is 314 g/mol. The van der Waals surface area contributed by atoms with Gasteiger partial charge in [-0.25, -0.2) is 4.79 Å². The number of urea groups is 1. The third-order valence-corrected chi connectivity index (χ3v) is 5.28. The van der Waals surface area contributed by atoms with Crippen LogP contribution in [0, 0.1) is 6.92 Å². The van der Waals surface area contributed by atoms with Gasteiger partial charge in [-0.15, -0.1) is 0 Å². The van der Waals surface area contributed by atoms with Crippen molar-refractivity contribution in [2.24, 2.45) is 0 Å². The molecule has 0 bridgehead atoms. The van der Waals surface area contributed by atoms with E-state index in [4.69, 9.17) is 0 Å². The molecule has 25 heavy (non-hydrogen) atoms. The van der Waals surface area contributed by atoms with Crippen LogP contribution in [0.1, 0.15) is 49.7 Å². The van der Waals surface area contributed by atoms with Gasteiger partial charge in [0.2, 0.25) is 5.91 Å². The first-order valence-electron chi connectivity index (χ1n) is 9.50. The second-order valence-electron chi connectivity index (χ2n) is 7.43. The Balaban J connectivity index is 1.39. The normalized spacial score (nSPS) is 19.0. The van der Waals surface area contributed by atoms with Gasteiger partial charge in [0.25, 0.3) is 0 Å². The Morgan fingerprint density at radius 3 is 2.40 bits per heavy atom. The molecule has 2 N–H and O–H groups in total. The summed E-state index contributed by atoms with van der Waals surface area (Å²) in [5.41, 5.74) is 2.22. The lowest BCUT2D eigenvalue weighted by Gasteiger charge is -2.33. The van der Waals surface area contributed by atoms with Gasteiger partial charge in [0.05, 0.1) is 6.42 Å².